The van der Waals surface area contributed by atoms with Gasteiger partial charge in [-0.25, -0.2) is 0 Å². The van der Waals surface area contributed by atoms with Crippen molar-refractivity contribution in [1.29, 1.82) is 0 Å². The number of piperidine rings is 1. The molecule has 0 spiro atoms. The molecule has 1 saturated heterocycles. The van der Waals surface area contributed by atoms with E-state index < -0.39 is 14.7 Å². The van der Waals surface area contributed by atoms with Gasteiger partial charge in [0.1, 0.15) is 4.33 Å². The lowest BCUT2D eigenvalue weighted by Gasteiger charge is -2.40. The summed E-state index contributed by atoms with van der Waals surface area (Å²) in [4.78, 5) is 15.4. The Morgan fingerprint density at radius 2 is 1.89 bits per heavy atom. The minimum Gasteiger partial charge on any atom is -0.344 e. The van der Waals surface area contributed by atoms with Crippen molar-refractivity contribution >= 4 is 52.3 Å². The molecule has 1 aromatic rings. The van der Waals surface area contributed by atoms with Gasteiger partial charge in [0.25, 0.3) is 0 Å². The zero-order valence-corrected chi connectivity index (χ0v) is 18.7. The van der Waals surface area contributed by atoms with Gasteiger partial charge in [-0.3, -0.25) is 4.79 Å². The number of halogens is 4. The largest absolute Gasteiger partial charge is 0.344 e. The number of rotatable bonds is 4. The van der Waals surface area contributed by atoms with E-state index in [4.69, 9.17) is 52.1 Å². The fourth-order valence-corrected chi connectivity index (χ4v) is 5.47. The summed E-state index contributed by atoms with van der Waals surface area (Å²) >= 11 is 25.2. The van der Waals surface area contributed by atoms with E-state index >= 15 is 0 Å². The molecule has 0 radical (unpaired) electrons. The molecule has 0 saturated carbocycles. The van der Waals surface area contributed by atoms with Crippen molar-refractivity contribution in [3.8, 4) is 0 Å². The van der Waals surface area contributed by atoms with Crippen molar-refractivity contribution < 1.29 is 4.79 Å². The normalized spacial score (nSPS) is 28.3. The molecule has 0 aromatic heterocycles. The SMILES string of the molecule is CN1CCCC[C@@H]1[C@H](NC(=O)C1=CC(Cl)(Cl)C(N)C(Cl)(Cl)C1)c1ccccc1. The van der Waals surface area contributed by atoms with Crippen LogP contribution in [0, 0.1) is 0 Å². The molecule has 4 nitrogen and oxygen atoms in total. The number of carbonyl (C=O) groups is 1. The molecule has 1 heterocycles. The number of carbonyl (C=O) groups excluding carboxylic acids is 1. The number of benzene rings is 1. The maximum Gasteiger partial charge on any atom is 0.247 e. The highest BCUT2D eigenvalue weighted by atomic mass is 35.5. The zero-order chi connectivity index (χ0) is 20.5. The van der Waals surface area contributed by atoms with E-state index in [1.165, 1.54) is 6.08 Å². The molecule has 1 aliphatic heterocycles. The smallest absolute Gasteiger partial charge is 0.247 e. The molecular weight excluding hydrogens is 440 g/mol. The Labute approximate surface area is 186 Å². The van der Waals surface area contributed by atoms with Gasteiger partial charge in [0.15, 0.2) is 4.33 Å². The van der Waals surface area contributed by atoms with Crippen LogP contribution in [0.5, 0.6) is 0 Å². The second-order valence-corrected chi connectivity index (χ2v) is 10.7. The molecule has 28 heavy (non-hydrogen) atoms. The van der Waals surface area contributed by atoms with Crippen molar-refractivity contribution in [2.24, 2.45) is 5.73 Å². The van der Waals surface area contributed by atoms with Crippen molar-refractivity contribution in [2.75, 3.05) is 13.6 Å². The van der Waals surface area contributed by atoms with Gasteiger partial charge in [-0.15, -0.1) is 0 Å². The quantitative estimate of drug-likeness (QED) is 0.651. The average Bonchev–Trinajstić information content (AvgIpc) is 2.65. The predicted octanol–water partition coefficient (Wildman–Crippen LogP) is 4.33. The Kier molecular flexibility index (Phi) is 6.90. The summed E-state index contributed by atoms with van der Waals surface area (Å²) in [7, 11) is 2.09. The summed E-state index contributed by atoms with van der Waals surface area (Å²) in [6.07, 6.45) is 4.83. The minimum atomic E-state index is -1.52. The molecule has 3 atom stereocenters. The minimum absolute atomic E-state index is 0.0757. The predicted molar refractivity (Wildman–Crippen MR) is 117 cm³/mol. The lowest BCUT2D eigenvalue weighted by Crippen LogP contribution is -2.54. The van der Waals surface area contributed by atoms with Crippen LogP contribution in [0.4, 0.5) is 0 Å². The van der Waals surface area contributed by atoms with Crippen molar-refractivity contribution in [1.82, 2.24) is 10.2 Å². The summed E-state index contributed by atoms with van der Waals surface area (Å²) in [5, 5.41) is 3.17. The number of amides is 1. The van der Waals surface area contributed by atoms with Gasteiger partial charge in [0.05, 0.1) is 12.1 Å². The van der Waals surface area contributed by atoms with Gasteiger partial charge >= 0.3 is 0 Å². The van der Waals surface area contributed by atoms with Crippen LogP contribution in [0.15, 0.2) is 42.0 Å². The molecule has 1 aromatic carbocycles. The summed E-state index contributed by atoms with van der Waals surface area (Å²) < 4.78 is -2.94. The van der Waals surface area contributed by atoms with Crippen LogP contribution in [-0.2, 0) is 4.79 Å². The zero-order valence-electron chi connectivity index (χ0n) is 15.7. The van der Waals surface area contributed by atoms with Crippen LogP contribution >= 0.6 is 46.4 Å². The third-order valence-electron chi connectivity index (χ3n) is 5.61. The topological polar surface area (TPSA) is 58.4 Å². The number of hydrogen-bond donors (Lipinski definition) is 2. The molecular formula is C20H25Cl4N3O. The van der Waals surface area contributed by atoms with E-state index in [-0.39, 0.29) is 24.4 Å². The number of hydrogen-bond acceptors (Lipinski definition) is 3. The fraction of sp³-hybridized carbons (Fsp3) is 0.550. The molecule has 1 fully saturated rings. The molecule has 3 N–H and O–H groups in total. The van der Waals surface area contributed by atoms with Gasteiger partial charge < -0.3 is 16.0 Å². The van der Waals surface area contributed by atoms with E-state index in [2.05, 4.69) is 17.3 Å². The first-order valence-corrected chi connectivity index (χ1v) is 10.9. The van der Waals surface area contributed by atoms with Crippen LogP contribution in [0.3, 0.4) is 0 Å². The lowest BCUT2D eigenvalue weighted by atomic mass is 9.89. The summed E-state index contributed by atoms with van der Waals surface area (Å²) in [5.74, 6) is -0.281. The molecule has 1 amide bonds. The maximum atomic E-state index is 13.1. The van der Waals surface area contributed by atoms with E-state index in [0.29, 0.717) is 5.57 Å². The third-order valence-corrected chi connectivity index (χ3v) is 7.04. The molecule has 1 aliphatic carbocycles. The molecule has 3 rings (SSSR count). The lowest BCUT2D eigenvalue weighted by molar-refractivity contribution is -0.119. The van der Waals surface area contributed by atoms with Crippen LogP contribution in [-0.4, -0.2) is 45.1 Å². The summed E-state index contributed by atoms with van der Waals surface area (Å²) in [6, 6.07) is 9.08. The average molecular weight is 465 g/mol. The third kappa shape index (κ3) is 4.80. The number of nitrogens with one attached hydrogen (secondary N) is 1. The van der Waals surface area contributed by atoms with E-state index in [1.54, 1.807) is 0 Å². The highest BCUT2D eigenvalue weighted by Gasteiger charge is 2.50. The number of alkyl halides is 4. The first-order chi connectivity index (χ1) is 13.1. The first kappa shape index (κ1) is 22.2. The number of likely N-dealkylation sites (tertiary alicyclic amines) is 1. The van der Waals surface area contributed by atoms with Gasteiger partial charge in [-0.1, -0.05) is 83.2 Å². The van der Waals surface area contributed by atoms with Gasteiger partial charge in [0.2, 0.25) is 5.91 Å². The Bertz CT molecular complexity index is 738. The summed E-state index contributed by atoms with van der Waals surface area (Å²) in [5.41, 5.74) is 7.36. The van der Waals surface area contributed by atoms with Crippen molar-refractivity contribution in [3.63, 3.8) is 0 Å². The monoisotopic (exact) mass is 463 g/mol. The van der Waals surface area contributed by atoms with Gasteiger partial charge in [-0.2, -0.15) is 0 Å². The molecule has 2 aliphatic rings. The fourth-order valence-electron chi connectivity index (χ4n) is 3.98. The van der Waals surface area contributed by atoms with E-state index in [0.717, 1.165) is 31.4 Å². The molecule has 154 valence electrons. The standard InChI is InChI=1S/C20H25Cl4N3O/c1-27-10-6-5-9-15(27)16(13-7-3-2-4-8-13)26-17(28)14-11-19(21,22)18(25)20(23,24)12-14/h2-4,7-8,11,15-16,18H,5-6,9-10,12,25H2,1H3,(H,26,28)/t15-,16-,18?/m1/s1. The van der Waals surface area contributed by atoms with Gasteiger partial charge in [0, 0.05) is 18.0 Å². The highest BCUT2D eigenvalue weighted by Crippen LogP contribution is 2.46. The van der Waals surface area contributed by atoms with Crippen molar-refractivity contribution in [2.45, 2.75) is 52.5 Å². The number of likely N-dealkylation sites (N-methyl/N-ethyl adjacent to an activating group) is 1. The summed E-state index contributed by atoms with van der Waals surface area (Å²) in [6.45, 7) is 1.00. The second-order valence-electron chi connectivity index (χ2n) is 7.67. The second kappa shape index (κ2) is 8.71. The van der Waals surface area contributed by atoms with Crippen LogP contribution in [0.1, 0.15) is 37.3 Å². The van der Waals surface area contributed by atoms with E-state index in [9.17, 15) is 4.79 Å². The highest BCUT2D eigenvalue weighted by molar-refractivity contribution is 6.55. The molecule has 8 heteroatoms. The maximum absolute atomic E-state index is 13.1. The first-order valence-electron chi connectivity index (χ1n) is 9.41. The van der Waals surface area contributed by atoms with Crippen LogP contribution in [0.2, 0.25) is 0 Å². The van der Waals surface area contributed by atoms with E-state index in [1.807, 2.05) is 30.3 Å². The Morgan fingerprint density at radius 1 is 1.21 bits per heavy atom. The number of nitrogens with two attached hydrogens (primary N) is 1. The Hall–Kier alpha value is -0.490. The Balaban J connectivity index is 1.87. The van der Waals surface area contributed by atoms with Gasteiger partial charge in [-0.05, 0) is 38.1 Å². The van der Waals surface area contributed by atoms with Crippen LogP contribution in [0.25, 0.3) is 0 Å². The van der Waals surface area contributed by atoms with Crippen LogP contribution < -0.4 is 11.1 Å². The molecule has 1 unspecified atom stereocenters. The number of nitrogens with zero attached hydrogens (tertiary/aromatic N) is 1. The molecule has 0 bridgehead atoms. The van der Waals surface area contributed by atoms with Crippen molar-refractivity contribution in [3.05, 3.63) is 47.5 Å². The Morgan fingerprint density at radius 3 is 2.50 bits per heavy atom.